The Labute approximate surface area is 139 Å². The fraction of sp³-hybridized carbons (Fsp3) is 0.500. The summed E-state index contributed by atoms with van der Waals surface area (Å²) >= 11 is 3.31. The molecule has 0 bridgehead atoms. The van der Waals surface area contributed by atoms with Gasteiger partial charge in [-0.15, -0.1) is 0 Å². The summed E-state index contributed by atoms with van der Waals surface area (Å²) in [6, 6.07) is 5.03. The molecule has 1 aromatic rings. The summed E-state index contributed by atoms with van der Waals surface area (Å²) in [7, 11) is -3.55. The SMILES string of the molecule is Cc1ccc(S(=O)(=O)NC2CCN(CC(N)=O)CC2)c(Br)c1. The van der Waals surface area contributed by atoms with Crippen molar-refractivity contribution in [3.05, 3.63) is 28.2 Å². The molecule has 6 nitrogen and oxygen atoms in total. The predicted molar refractivity (Wildman–Crippen MR) is 87.9 cm³/mol. The number of halogens is 1. The lowest BCUT2D eigenvalue weighted by Gasteiger charge is -2.31. The highest BCUT2D eigenvalue weighted by Crippen LogP contribution is 2.24. The number of hydrogen-bond acceptors (Lipinski definition) is 4. The van der Waals surface area contributed by atoms with Gasteiger partial charge in [0.15, 0.2) is 0 Å². The number of sulfonamides is 1. The number of carbonyl (C=O) groups is 1. The maximum absolute atomic E-state index is 12.5. The first kappa shape index (κ1) is 17.4. The van der Waals surface area contributed by atoms with Crippen molar-refractivity contribution in [1.82, 2.24) is 9.62 Å². The molecule has 0 saturated carbocycles. The van der Waals surface area contributed by atoms with Crippen molar-refractivity contribution in [2.24, 2.45) is 5.73 Å². The first-order valence-corrected chi connectivity index (χ1v) is 9.34. The van der Waals surface area contributed by atoms with E-state index in [2.05, 4.69) is 20.7 Å². The highest BCUT2D eigenvalue weighted by molar-refractivity contribution is 9.10. The number of aryl methyl sites for hydroxylation is 1. The van der Waals surface area contributed by atoms with Gasteiger partial charge in [-0.05, 0) is 53.4 Å². The summed E-state index contributed by atoms with van der Waals surface area (Å²) in [4.78, 5) is 13.1. The number of nitrogens with two attached hydrogens (primary N) is 1. The first-order chi connectivity index (χ1) is 10.3. The Morgan fingerprint density at radius 1 is 1.41 bits per heavy atom. The van der Waals surface area contributed by atoms with Gasteiger partial charge >= 0.3 is 0 Å². The normalized spacial score (nSPS) is 17.5. The number of nitrogens with one attached hydrogen (secondary N) is 1. The van der Waals surface area contributed by atoms with Crippen molar-refractivity contribution in [1.29, 1.82) is 0 Å². The van der Waals surface area contributed by atoms with Gasteiger partial charge in [0.1, 0.15) is 0 Å². The average molecular weight is 390 g/mol. The molecule has 1 saturated heterocycles. The molecule has 0 atom stereocenters. The fourth-order valence-corrected chi connectivity index (χ4v) is 5.03. The van der Waals surface area contributed by atoms with Crippen LogP contribution in [0.5, 0.6) is 0 Å². The van der Waals surface area contributed by atoms with Crippen LogP contribution < -0.4 is 10.5 Å². The molecule has 0 spiro atoms. The van der Waals surface area contributed by atoms with E-state index in [0.717, 1.165) is 5.56 Å². The van der Waals surface area contributed by atoms with Crippen LogP contribution >= 0.6 is 15.9 Å². The second-order valence-corrected chi connectivity index (χ2v) is 8.11. The van der Waals surface area contributed by atoms with E-state index in [1.165, 1.54) is 0 Å². The zero-order valence-corrected chi connectivity index (χ0v) is 14.8. The Kier molecular flexibility index (Phi) is 5.60. The molecule has 0 radical (unpaired) electrons. The third kappa shape index (κ3) is 4.52. The number of amides is 1. The standard InChI is InChI=1S/C14H20BrN3O3S/c1-10-2-3-13(12(15)8-10)22(20,21)17-11-4-6-18(7-5-11)9-14(16)19/h2-3,8,11,17H,4-7,9H2,1H3,(H2,16,19). The predicted octanol–water partition coefficient (Wildman–Crippen LogP) is 0.986. The minimum absolute atomic E-state index is 0.123. The highest BCUT2D eigenvalue weighted by atomic mass is 79.9. The first-order valence-electron chi connectivity index (χ1n) is 7.07. The van der Waals surface area contributed by atoms with E-state index >= 15 is 0 Å². The van der Waals surface area contributed by atoms with E-state index in [1.54, 1.807) is 18.2 Å². The van der Waals surface area contributed by atoms with Gasteiger partial charge in [-0.3, -0.25) is 9.69 Å². The van der Waals surface area contributed by atoms with E-state index in [-0.39, 0.29) is 23.4 Å². The van der Waals surface area contributed by atoms with Crippen LogP contribution in [0.3, 0.4) is 0 Å². The lowest BCUT2D eigenvalue weighted by Crippen LogP contribution is -2.46. The van der Waals surface area contributed by atoms with E-state index in [0.29, 0.717) is 30.4 Å². The molecule has 1 aromatic carbocycles. The van der Waals surface area contributed by atoms with Gasteiger partial charge in [0.05, 0.1) is 11.4 Å². The highest BCUT2D eigenvalue weighted by Gasteiger charge is 2.26. The van der Waals surface area contributed by atoms with Crippen LogP contribution in [0.4, 0.5) is 0 Å². The van der Waals surface area contributed by atoms with Crippen molar-refractivity contribution >= 4 is 31.9 Å². The number of primary amides is 1. The number of likely N-dealkylation sites (tertiary alicyclic amines) is 1. The molecule has 1 amide bonds. The molecule has 0 aliphatic carbocycles. The van der Waals surface area contributed by atoms with E-state index in [4.69, 9.17) is 5.73 Å². The van der Waals surface area contributed by atoms with Crippen LogP contribution in [0.25, 0.3) is 0 Å². The minimum Gasteiger partial charge on any atom is -0.369 e. The van der Waals surface area contributed by atoms with Crippen molar-refractivity contribution in [2.45, 2.75) is 30.7 Å². The molecule has 122 valence electrons. The summed E-state index contributed by atoms with van der Waals surface area (Å²) in [6.45, 7) is 3.45. The quantitative estimate of drug-likeness (QED) is 0.784. The van der Waals surface area contributed by atoms with Crippen molar-refractivity contribution < 1.29 is 13.2 Å². The lowest BCUT2D eigenvalue weighted by molar-refractivity contribution is -0.119. The number of nitrogens with zero attached hydrogens (tertiary/aromatic N) is 1. The lowest BCUT2D eigenvalue weighted by atomic mass is 10.1. The number of hydrogen-bond donors (Lipinski definition) is 2. The molecular formula is C14H20BrN3O3S. The summed E-state index contributed by atoms with van der Waals surface area (Å²) in [5.41, 5.74) is 6.16. The Hall–Kier alpha value is -0.960. The molecule has 1 heterocycles. The fourth-order valence-electron chi connectivity index (χ4n) is 2.54. The molecule has 0 aromatic heterocycles. The van der Waals surface area contributed by atoms with Crippen LogP contribution in [0.1, 0.15) is 18.4 Å². The molecule has 2 rings (SSSR count). The van der Waals surface area contributed by atoms with Gasteiger partial charge in [-0.1, -0.05) is 6.07 Å². The van der Waals surface area contributed by atoms with Gasteiger partial charge in [-0.2, -0.15) is 0 Å². The molecule has 3 N–H and O–H groups in total. The van der Waals surface area contributed by atoms with Crippen molar-refractivity contribution in [3.63, 3.8) is 0 Å². The molecule has 0 unspecified atom stereocenters. The smallest absolute Gasteiger partial charge is 0.241 e. The Morgan fingerprint density at radius 2 is 2.05 bits per heavy atom. The molecule has 1 aliphatic rings. The average Bonchev–Trinajstić information content (AvgIpc) is 2.39. The summed E-state index contributed by atoms with van der Waals surface area (Å²) in [5.74, 6) is -0.359. The van der Waals surface area contributed by atoms with Gasteiger partial charge < -0.3 is 5.73 Å². The third-order valence-electron chi connectivity index (χ3n) is 3.67. The summed E-state index contributed by atoms with van der Waals surface area (Å²) < 4.78 is 28.2. The monoisotopic (exact) mass is 389 g/mol. The number of carbonyl (C=O) groups excluding carboxylic acids is 1. The Bertz CT molecular complexity index is 655. The zero-order valence-electron chi connectivity index (χ0n) is 12.4. The molecule has 1 fully saturated rings. The van der Waals surface area contributed by atoms with Crippen LogP contribution in [0.2, 0.25) is 0 Å². The number of benzene rings is 1. The summed E-state index contributed by atoms with van der Waals surface area (Å²) in [6.07, 6.45) is 1.33. The maximum atomic E-state index is 12.5. The van der Waals surface area contributed by atoms with E-state index < -0.39 is 10.0 Å². The topological polar surface area (TPSA) is 92.5 Å². The zero-order chi connectivity index (χ0) is 16.3. The van der Waals surface area contributed by atoms with Crippen LogP contribution in [-0.4, -0.2) is 44.9 Å². The largest absolute Gasteiger partial charge is 0.369 e. The van der Waals surface area contributed by atoms with E-state index in [1.807, 2.05) is 11.8 Å². The second-order valence-electron chi connectivity index (χ2n) is 5.57. The van der Waals surface area contributed by atoms with Gasteiger partial charge in [0.2, 0.25) is 15.9 Å². The molecule has 22 heavy (non-hydrogen) atoms. The molecule has 8 heteroatoms. The van der Waals surface area contributed by atoms with E-state index in [9.17, 15) is 13.2 Å². The van der Waals surface area contributed by atoms with Crippen LogP contribution in [-0.2, 0) is 14.8 Å². The van der Waals surface area contributed by atoms with Crippen LogP contribution in [0, 0.1) is 6.92 Å². The van der Waals surface area contributed by atoms with Gasteiger partial charge in [-0.25, -0.2) is 13.1 Å². The van der Waals surface area contributed by atoms with Crippen molar-refractivity contribution in [3.8, 4) is 0 Å². The molecule has 1 aliphatic heterocycles. The Balaban J connectivity index is 2.00. The number of rotatable bonds is 5. The summed E-state index contributed by atoms with van der Waals surface area (Å²) in [5, 5.41) is 0. The Morgan fingerprint density at radius 3 is 2.59 bits per heavy atom. The third-order valence-corrected chi connectivity index (χ3v) is 6.16. The molecular weight excluding hydrogens is 370 g/mol. The van der Waals surface area contributed by atoms with Crippen molar-refractivity contribution in [2.75, 3.05) is 19.6 Å². The van der Waals surface area contributed by atoms with Gasteiger partial charge in [0, 0.05) is 23.6 Å². The number of piperidine rings is 1. The maximum Gasteiger partial charge on any atom is 0.241 e. The minimum atomic E-state index is -3.55. The van der Waals surface area contributed by atoms with Crippen LogP contribution in [0.15, 0.2) is 27.6 Å². The van der Waals surface area contributed by atoms with Gasteiger partial charge in [0.25, 0.3) is 0 Å². The second kappa shape index (κ2) is 7.08.